The minimum Gasteiger partial charge on any atom is -0.497 e. The molecule has 1 N–H and O–H groups in total. The van der Waals surface area contributed by atoms with Crippen LogP contribution in [0.4, 0.5) is 0 Å². The SMILES string of the molecule is C=CCc1cc(C(C)(C)c2ccc(OC)c(CC=C)c2)ccc1OC.CC.CC.COC.COc1ccc(C(C)(C)c2ccc(C)cc2)cc1.COc1ccc(C)cc1.COc1ccc(Cc2ccc(OC)cc2)cc1.COc1cccc(OC)c1.COc1ccccc1.COc1ccccc1.COc1ccccc1.COc1ccccc1CO. The molecule has 14 heteroatoms. The lowest BCUT2D eigenvalue weighted by molar-refractivity contribution is 0.274. The molecule has 0 amide bonds. The molecule has 0 aliphatic heterocycles. The van der Waals surface area contributed by atoms with E-state index >= 15 is 0 Å². The fourth-order valence-electron chi connectivity index (χ4n) is 10.9. The van der Waals surface area contributed by atoms with Gasteiger partial charge in [0.25, 0.3) is 0 Å². The van der Waals surface area contributed by atoms with Crippen molar-refractivity contribution in [3.05, 3.63) is 384 Å². The van der Waals surface area contributed by atoms with Crippen molar-refractivity contribution < 1.29 is 66.7 Å². The highest BCUT2D eigenvalue weighted by atomic mass is 16.5. The first-order valence-corrected chi connectivity index (χ1v) is 39.8. The van der Waals surface area contributed by atoms with Crippen LogP contribution in [0.1, 0.15) is 117 Å². The number of ether oxygens (including phenoxy) is 13. The largest absolute Gasteiger partial charge is 0.497 e. The number of aliphatic hydroxyl groups excluding tert-OH is 1. The van der Waals surface area contributed by atoms with Gasteiger partial charge in [-0.05, 0) is 193 Å². The minimum absolute atomic E-state index is 0.0139. The fourth-order valence-corrected chi connectivity index (χ4v) is 10.9. The standard InChI is InChI=1S/C23H28O2.C17H20O.C15H16O2.2C8H10O2.C8H10O.3C7H8O.C2H6O.2C2H6/c1-7-9-17-15-19(11-13-21(17)24-5)23(3,4)20-12-14-22(25-6)18(16-20)10-8-2;1-13-5-7-14(8-6-13)17(2,3)15-9-11-16(18-4)12-10-15;1-16-14-7-3-12(4-8-14)11-13-5-9-15(17-2)10-6-13;1-9-7-4-3-5-8(6-7)10-2;1-10-8-5-3-2-4-7(8)6-9;1-7-3-5-8(9-2)6-4-7;3*1-8-7-5-3-2-4-6-7;1-3-2;2*1-2/h7-8,11-16H,1-2,9-10H2,3-6H3;5-12H,1-4H3;3-10H,11H2,1-2H3;3-6H,1-2H3;2-5,9H,6H2,1H3;3-6H,1-2H3;3*2-6H,1H3;1-2H3;2*1-2H3. The van der Waals surface area contributed by atoms with Gasteiger partial charge >= 0.3 is 0 Å². The maximum Gasteiger partial charge on any atom is 0.124 e. The molecule has 0 atom stereocenters. The highest BCUT2D eigenvalue weighted by Crippen LogP contribution is 2.37. The number of aliphatic hydroxyl groups is 1. The van der Waals surface area contributed by atoms with Crippen molar-refractivity contribution >= 4 is 0 Å². The maximum absolute atomic E-state index is 8.77. The number of allylic oxidation sites excluding steroid dienone is 2. The maximum atomic E-state index is 8.77. The van der Waals surface area contributed by atoms with E-state index in [9.17, 15) is 0 Å². The predicted octanol–water partition coefficient (Wildman–Crippen LogP) is 25.4. The quantitative estimate of drug-likeness (QED) is 0.0607. The van der Waals surface area contributed by atoms with Crippen LogP contribution in [0.5, 0.6) is 69.0 Å². The molecule has 120 heavy (non-hydrogen) atoms. The summed E-state index contributed by atoms with van der Waals surface area (Å²) in [5, 5.41) is 8.77. The molecule has 12 rings (SSSR count). The molecule has 0 unspecified atom stereocenters. The Labute approximate surface area is 720 Å². The fraction of sp³-hybridized carbons (Fsp3) is 0.283. The van der Waals surface area contributed by atoms with E-state index in [-0.39, 0.29) is 17.4 Å². The smallest absolute Gasteiger partial charge is 0.124 e. The molecular formula is C106H136O14. The van der Waals surface area contributed by atoms with Gasteiger partial charge in [0.2, 0.25) is 0 Å². The van der Waals surface area contributed by atoms with Crippen molar-refractivity contribution in [3.63, 3.8) is 0 Å². The molecular weight excluding hydrogens is 1500 g/mol. The second kappa shape index (κ2) is 63.7. The van der Waals surface area contributed by atoms with Gasteiger partial charge in [0.15, 0.2) is 0 Å². The molecule has 0 aromatic heterocycles. The zero-order chi connectivity index (χ0) is 89.4. The Bertz CT molecular complexity index is 4290. The Morgan fingerprint density at radius 2 is 0.500 bits per heavy atom. The first-order chi connectivity index (χ1) is 58.1. The summed E-state index contributed by atoms with van der Waals surface area (Å²) in [7, 11) is 23.2. The summed E-state index contributed by atoms with van der Waals surface area (Å²) in [6, 6.07) is 98.0. The zero-order valence-electron chi connectivity index (χ0n) is 75.9. The highest BCUT2D eigenvalue weighted by molar-refractivity contribution is 5.49. The topological polar surface area (TPSA) is 140 Å². The summed E-state index contributed by atoms with van der Waals surface area (Å²) < 4.78 is 65.3. The number of hydrogen-bond acceptors (Lipinski definition) is 14. The van der Waals surface area contributed by atoms with E-state index in [1.54, 1.807) is 99.5 Å². The molecule has 0 radical (unpaired) electrons. The first kappa shape index (κ1) is 106. The second-order valence-electron chi connectivity index (χ2n) is 26.6. The summed E-state index contributed by atoms with van der Waals surface area (Å²) >= 11 is 0. The Morgan fingerprint density at radius 3 is 0.783 bits per heavy atom. The van der Waals surface area contributed by atoms with E-state index in [1.807, 2.05) is 252 Å². The molecule has 0 spiro atoms. The van der Waals surface area contributed by atoms with E-state index < -0.39 is 0 Å². The van der Waals surface area contributed by atoms with Crippen molar-refractivity contribution in [2.75, 3.05) is 99.5 Å². The molecule has 0 heterocycles. The monoisotopic (exact) mass is 1630 g/mol. The minimum atomic E-state index is -0.135. The number of methoxy groups -OCH3 is 13. The molecule has 12 aromatic rings. The summed E-state index contributed by atoms with van der Waals surface area (Å²) in [4.78, 5) is 0. The third-order valence-electron chi connectivity index (χ3n) is 17.9. The number of aryl methyl sites for hydroxylation is 2. The third-order valence-corrected chi connectivity index (χ3v) is 17.9. The van der Waals surface area contributed by atoms with Crippen LogP contribution in [0.2, 0.25) is 0 Å². The van der Waals surface area contributed by atoms with Gasteiger partial charge in [0.1, 0.15) is 69.0 Å². The normalized spacial score (nSPS) is 9.61. The van der Waals surface area contributed by atoms with E-state index in [4.69, 9.17) is 61.9 Å². The second-order valence-corrected chi connectivity index (χ2v) is 26.6. The van der Waals surface area contributed by atoms with Crippen molar-refractivity contribution in [1.29, 1.82) is 0 Å². The van der Waals surface area contributed by atoms with Crippen LogP contribution in [0, 0.1) is 13.8 Å². The van der Waals surface area contributed by atoms with E-state index in [0.29, 0.717) is 0 Å². The van der Waals surface area contributed by atoms with Gasteiger partial charge in [-0.3, -0.25) is 0 Å². The molecule has 0 aliphatic rings. The van der Waals surface area contributed by atoms with E-state index in [0.717, 1.165) is 105 Å². The van der Waals surface area contributed by atoms with Gasteiger partial charge in [-0.25, -0.2) is 0 Å². The van der Waals surface area contributed by atoms with Gasteiger partial charge in [-0.2, -0.15) is 0 Å². The number of para-hydroxylation sites is 4. The third kappa shape index (κ3) is 40.7. The Morgan fingerprint density at radius 1 is 0.258 bits per heavy atom. The summed E-state index contributed by atoms with van der Waals surface area (Å²) in [6.45, 7) is 28.9. The number of benzene rings is 12. The van der Waals surface area contributed by atoms with Crippen molar-refractivity contribution in [2.45, 2.75) is 106 Å². The molecule has 0 fully saturated rings. The molecule has 644 valence electrons. The molecule has 0 aliphatic carbocycles. The number of rotatable bonds is 23. The lowest BCUT2D eigenvalue weighted by Gasteiger charge is -2.28. The Balaban J connectivity index is 0.000000688. The van der Waals surface area contributed by atoms with Crippen molar-refractivity contribution in [1.82, 2.24) is 0 Å². The zero-order valence-corrected chi connectivity index (χ0v) is 75.9. The molecule has 0 bridgehead atoms. The van der Waals surface area contributed by atoms with Crippen LogP contribution >= 0.6 is 0 Å². The van der Waals surface area contributed by atoms with Crippen molar-refractivity contribution in [3.8, 4) is 69.0 Å². The summed E-state index contributed by atoms with van der Waals surface area (Å²) in [5.41, 5.74) is 13.2. The molecule has 0 saturated heterocycles. The first-order valence-electron chi connectivity index (χ1n) is 39.8. The van der Waals surface area contributed by atoms with Crippen LogP contribution in [0.15, 0.2) is 323 Å². The lowest BCUT2D eigenvalue weighted by atomic mass is 9.77. The lowest BCUT2D eigenvalue weighted by Crippen LogP contribution is -2.19. The average molecular weight is 1630 g/mol. The Hall–Kier alpha value is -12.4. The van der Waals surface area contributed by atoms with Gasteiger partial charge in [-0.15, -0.1) is 13.2 Å². The van der Waals surface area contributed by atoms with E-state index in [2.05, 4.69) is 144 Å². The number of hydrogen-bond donors (Lipinski definition) is 1. The predicted molar refractivity (Wildman–Crippen MR) is 502 cm³/mol. The molecule has 14 nitrogen and oxygen atoms in total. The molecule has 12 aromatic carbocycles. The molecule has 0 saturated carbocycles. The van der Waals surface area contributed by atoms with Gasteiger partial charge in [-0.1, -0.05) is 255 Å². The van der Waals surface area contributed by atoms with Gasteiger partial charge < -0.3 is 66.7 Å². The van der Waals surface area contributed by atoms with Crippen LogP contribution < -0.4 is 56.8 Å². The summed E-state index contributed by atoms with van der Waals surface area (Å²) in [6.07, 6.45) is 6.32. The van der Waals surface area contributed by atoms with Crippen LogP contribution in [-0.4, -0.2) is 105 Å². The van der Waals surface area contributed by atoms with Gasteiger partial charge in [0, 0.05) is 36.7 Å². The van der Waals surface area contributed by atoms with Crippen molar-refractivity contribution in [2.24, 2.45) is 0 Å². The Kier molecular flexibility index (Phi) is 56.1. The average Bonchev–Trinajstić information content (AvgIpc) is 0.776. The van der Waals surface area contributed by atoms with Crippen LogP contribution in [-0.2, 0) is 41.4 Å². The van der Waals surface area contributed by atoms with Crippen LogP contribution in [0.25, 0.3) is 0 Å². The summed E-state index contributed by atoms with van der Waals surface area (Å²) in [5.74, 6) is 10.5. The van der Waals surface area contributed by atoms with Gasteiger partial charge in [0.05, 0.1) is 91.9 Å². The van der Waals surface area contributed by atoms with E-state index in [1.165, 1.54) is 44.5 Å². The highest BCUT2D eigenvalue weighted by Gasteiger charge is 2.26. The van der Waals surface area contributed by atoms with Crippen LogP contribution in [0.3, 0.4) is 0 Å².